The van der Waals surface area contributed by atoms with Crippen molar-refractivity contribution in [2.75, 3.05) is 19.7 Å². The van der Waals surface area contributed by atoms with E-state index in [4.69, 9.17) is 10.5 Å². The lowest BCUT2D eigenvalue weighted by atomic mass is 10.0. The van der Waals surface area contributed by atoms with Gasteiger partial charge in [0.05, 0.1) is 12.7 Å². The van der Waals surface area contributed by atoms with Crippen molar-refractivity contribution >= 4 is 11.8 Å². The van der Waals surface area contributed by atoms with Crippen LogP contribution in [0.4, 0.5) is 13.2 Å². The smallest absolute Gasteiger partial charge is 0.245 e. The lowest BCUT2D eigenvalue weighted by Crippen LogP contribution is -2.59. The molecule has 1 aliphatic rings. The maximum atomic E-state index is 13.7. The number of piperazine rings is 1. The second kappa shape index (κ2) is 9.18. The third kappa shape index (κ3) is 5.67. The molecule has 2 atom stereocenters. The van der Waals surface area contributed by atoms with Crippen molar-refractivity contribution in [2.24, 2.45) is 5.73 Å². The number of nitrogens with two attached hydrogens (primary N) is 1. The van der Waals surface area contributed by atoms with Crippen molar-refractivity contribution < 1.29 is 27.5 Å². The van der Waals surface area contributed by atoms with Gasteiger partial charge in [-0.1, -0.05) is 0 Å². The zero-order valence-corrected chi connectivity index (χ0v) is 15.3. The summed E-state index contributed by atoms with van der Waals surface area (Å²) in [5.41, 5.74) is 5.80. The Bertz CT molecular complexity index is 700. The van der Waals surface area contributed by atoms with Crippen LogP contribution in [0.3, 0.4) is 0 Å². The fourth-order valence-corrected chi connectivity index (χ4v) is 2.88. The van der Waals surface area contributed by atoms with E-state index in [2.05, 4.69) is 5.32 Å². The van der Waals surface area contributed by atoms with Gasteiger partial charge in [0.25, 0.3) is 0 Å². The third-order valence-electron chi connectivity index (χ3n) is 4.25. The normalized spacial score (nSPS) is 18.6. The zero-order chi connectivity index (χ0) is 20.1. The molecule has 0 aromatic heterocycles. The highest BCUT2D eigenvalue weighted by molar-refractivity contribution is 5.89. The number of hydrogen-bond donors (Lipinski definition) is 2. The van der Waals surface area contributed by atoms with Crippen molar-refractivity contribution in [3.8, 4) is 0 Å². The van der Waals surface area contributed by atoms with Crippen LogP contribution in [0.1, 0.15) is 25.8 Å². The van der Waals surface area contributed by atoms with E-state index in [9.17, 15) is 22.8 Å². The van der Waals surface area contributed by atoms with Crippen LogP contribution < -0.4 is 11.1 Å². The predicted octanol–water partition coefficient (Wildman–Crippen LogP) is 1.12. The summed E-state index contributed by atoms with van der Waals surface area (Å²) in [4.78, 5) is 26.0. The molecule has 0 saturated carbocycles. The van der Waals surface area contributed by atoms with Gasteiger partial charge in [-0.3, -0.25) is 9.59 Å². The fraction of sp³-hybridized carbons (Fsp3) is 0.556. The summed E-state index contributed by atoms with van der Waals surface area (Å²) in [5.74, 6) is -4.07. The Morgan fingerprint density at radius 1 is 1.30 bits per heavy atom. The van der Waals surface area contributed by atoms with E-state index in [0.29, 0.717) is 19.2 Å². The highest BCUT2D eigenvalue weighted by atomic mass is 19.2. The number of carbonyl (C=O) groups is 2. The van der Waals surface area contributed by atoms with Gasteiger partial charge in [-0.05, 0) is 31.9 Å². The molecule has 1 aromatic carbocycles. The quantitative estimate of drug-likeness (QED) is 0.687. The van der Waals surface area contributed by atoms with Gasteiger partial charge in [-0.15, -0.1) is 0 Å². The summed E-state index contributed by atoms with van der Waals surface area (Å²) in [7, 11) is 0. The summed E-state index contributed by atoms with van der Waals surface area (Å²) < 4.78 is 45.5. The summed E-state index contributed by atoms with van der Waals surface area (Å²) >= 11 is 0. The lowest BCUT2D eigenvalue weighted by Gasteiger charge is -2.35. The van der Waals surface area contributed by atoms with Gasteiger partial charge in [-0.2, -0.15) is 0 Å². The molecule has 6 nitrogen and oxygen atoms in total. The van der Waals surface area contributed by atoms with Gasteiger partial charge in [0.1, 0.15) is 11.9 Å². The second-order valence-electron chi connectivity index (χ2n) is 6.80. The lowest BCUT2D eigenvalue weighted by molar-refractivity contribution is -0.146. The van der Waals surface area contributed by atoms with Crippen molar-refractivity contribution in [1.82, 2.24) is 10.2 Å². The number of amides is 2. The molecule has 2 rings (SSSR count). The average molecular weight is 387 g/mol. The van der Waals surface area contributed by atoms with Crippen LogP contribution in [0.15, 0.2) is 12.1 Å². The molecule has 0 unspecified atom stereocenters. The third-order valence-corrected chi connectivity index (χ3v) is 4.25. The van der Waals surface area contributed by atoms with Crippen LogP contribution in [0.5, 0.6) is 0 Å². The first-order valence-corrected chi connectivity index (χ1v) is 8.76. The average Bonchev–Trinajstić information content (AvgIpc) is 2.58. The van der Waals surface area contributed by atoms with Crippen LogP contribution in [0, 0.1) is 17.5 Å². The Balaban J connectivity index is 2.01. The van der Waals surface area contributed by atoms with Crippen LogP contribution in [0.2, 0.25) is 0 Å². The highest BCUT2D eigenvalue weighted by Crippen LogP contribution is 2.17. The predicted molar refractivity (Wildman–Crippen MR) is 92.2 cm³/mol. The van der Waals surface area contributed by atoms with Crippen LogP contribution in [-0.2, 0) is 20.7 Å². The Hall–Kier alpha value is -2.13. The summed E-state index contributed by atoms with van der Waals surface area (Å²) in [6.07, 6.45) is -0.401. The number of carbonyl (C=O) groups excluding carboxylic acids is 2. The van der Waals surface area contributed by atoms with Gasteiger partial charge in [0, 0.05) is 31.6 Å². The van der Waals surface area contributed by atoms with Crippen molar-refractivity contribution in [3.05, 3.63) is 35.1 Å². The molecule has 0 aliphatic carbocycles. The molecule has 2 amide bonds. The molecule has 1 saturated heterocycles. The second-order valence-corrected chi connectivity index (χ2v) is 6.80. The zero-order valence-electron chi connectivity index (χ0n) is 15.3. The van der Waals surface area contributed by atoms with Gasteiger partial charge in [-0.25, -0.2) is 13.2 Å². The minimum Gasteiger partial charge on any atom is -0.376 e. The van der Waals surface area contributed by atoms with Gasteiger partial charge in [0.15, 0.2) is 11.6 Å². The molecule has 1 aliphatic heterocycles. The minimum atomic E-state index is -1.28. The molecule has 1 fully saturated rings. The van der Waals surface area contributed by atoms with Crippen molar-refractivity contribution in [3.63, 3.8) is 0 Å². The summed E-state index contributed by atoms with van der Waals surface area (Å²) in [6, 6.07) is -0.384. The summed E-state index contributed by atoms with van der Waals surface area (Å²) in [6.45, 7) is 4.32. The molecule has 0 spiro atoms. The Morgan fingerprint density at radius 2 is 1.96 bits per heavy atom. The molecular weight excluding hydrogens is 363 g/mol. The summed E-state index contributed by atoms with van der Waals surface area (Å²) in [5, 5.41) is 2.68. The molecule has 27 heavy (non-hydrogen) atoms. The Labute approximate surface area is 155 Å². The van der Waals surface area contributed by atoms with Crippen LogP contribution >= 0.6 is 0 Å². The SMILES string of the molecule is CC(C)OC[C@@H]1C(=O)NCCN1C(=O)C[C@H](N)Cc1cc(F)c(F)cc1F. The van der Waals surface area contributed by atoms with Gasteiger partial charge in [0.2, 0.25) is 11.8 Å². The maximum Gasteiger partial charge on any atom is 0.245 e. The number of nitrogens with zero attached hydrogens (tertiary/aromatic N) is 1. The molecule has 1 heterocycles. The standard InChI is InChI=1S/C18H24F3N3O3/c1-10(2)27-9-16-18(26)23-3-4-24(16)17(25)7-12(22)5-11-6-14(20)15(21)8-13(11)19/h6,8,10,12,16H,3-5,7,9,22H2,1-2H3,(H,23,26)/t12-,16-/m1/s1. The molecule has 150 valence electrons. The maximum absolute atomic E-state index is 13.7. The topological polar surface area (TPSA) is 84.7 Å². The molecule has 0 radical (unpaired) electrons. The highest BCUT2D eigenvalue weighted by Gasteiger charge is 2.34. The number of rotatable bonds is 7. The van der Waals surface area contributed by atoms with Gasteiger partial charge < -0.3 is 20.7 Å². The molecule has 1 aromatic rings. The Morgan fingerprint density at radius 3 is 2.63 bits per heavy atom. The van der Waals surface area contributed by atoms with Crippen LogP contribution in [0.25, 0.3) is 0 Å². The molecule has 9 heteroatoms. The van der Waals surface area contributed by atoms with E-state index in [1.807, 2.05) is 13.8 Å². The molecule has 0 bridgehead atoms. The first-order valence-electron chi connectivity index (χ1n) is 8.76. The van der Waals surface area contributed by atoms with E-state index >= 15 is 0 Å². The van der Waals surface area contributed by atoms with E-state index < -0.39 is 29.5 Å². The van der Waals surface area contributed by atoms with E-state index in [1.54, 1.807) is 0 Å². The number of ether oxygens (including phenoxy) is 1. The van der Waals surface area contributed by atoms with Crippen LogP contribution in [-0.4, -0.2) is 54.6 Å². The van der Waals surface area contributed by atoms with E-state index in [1.165, 1.54) is 4.90 Å². The number of hydrogen-bond acceptors (Lipinski definition) is 4. The van der Waals surface area contributed by atoms with Gasteiger partial charge >= 0.3 is 0 Å². The molecule has 3 N–H and O–H groups in total. The van der Waals surface area contributed by atoms with Crippen molar-refractivity contribution in [1.29, 1.82) is 0 Å². The number of benzene rings is 1. The largest absolute Gasteiger partial charge is 0.376 e. The minimum absolute atomic E-state index is 0.0578. The van der Waals surface area contributed by atoms with E-state index in [0.717, 1.165) is 6.07 Å². The fourth-order valence-electron chi connectivity index (χ4n) is 2.88. The first kappa shape index (κ1) is 21.2. The monoisotopic (exact) mass is 387 g/mol. The number of halogens is 3. The first-order chi connectivity index (χ1) is 12.7. The van der Waals surface area contributed by atoms with Crippen molar-refractivity contribution in [2.45, 2.75) is 44.9 Å². The Kier molecular flexibility index (Phi) is 7.20. The number of nitrogens with one attached hydrogen (secondary N) is 1. The van der Waals surface area contributed by atoms with E-state index in [-0.39, 0.29) is 42.9 Å². The molecular formula is C18H24F3N3O3.